The van der Waals surface area contributed by atoms with Crippen LogP contribution < -0.4 is 5.32 Å². The Kier molecular flexibility index (Phi) is 3.38. The third-order valence-corrected chi connectivity index (χ3v) is 5.70. The Morgan fingerprint density at radius 3 is 2.86 bits per heavy atom. The van der Waals surface area contributed by atoms with E-state index in [1.54, 1.807) is 11.3 Å². The maximum absolute atomic E-state index is 5.99. The summed E-state index contributed by atoms with van der Waals surface area (Å²) in [7, 11) is 0. The van der Waals surface area contributed by atoms with E-state index in [9.17, 15) is 0 Å². The fourth-order valence-electron chi connectivity index (χ4n) is 3.02. The molecule has 2 aromatic rings. The molecule has 0 aromatic carbocycles. The van der Waals surface area contributed by atoms with Gasteiger partial charge in [0.25, 0.3) is 0 Å². The van der Waals surface area contributed by atoms with Gasteiger partial charge in [-0.15, -0.1) is 11.3 Å². The summed E-state index contributed by atoms with van der Waals surface area (Å²) < 4.78 is 5.99. The van der Waals surface area contributed by atoms with Gasteiger partial charge in [0.2, 0.25) is 0 Å². The van der Waals surface area contributed by atoms with E-state index >= 15 is 0 Å². The van der Waals surface area contributed by atoms with Crippen LogP contribution in [0.25, 0.3) is 0 Å². The molecule has 0 saturated heterocycles. The molecule has 0 spiro atoms. The first-order valence-corrected chi connectivity index (χ1v) is 8.82. The summed E-state index contributed by atoms with van der Waals surface area (Å²) >= 11 is 1.78. The van der Waals surface area contributed by atoms with E-state index in [2.05, 4.69) is 41.7 Å². The molecule has 112 valence electrons. The molecule has 0 radical (unpaired) electrons. The van der Waals surface area contributed by atoms with E-state index < -0.39 is 0 Å². The van der Waals surface area contributed by atoms with Crippen LogP contribution >= 0.6 is 11.3 Å². The molecule has 2 aliphatic rings. The summed E-state index contributed by atoms with van der Waals surface area (Å²) in [5.74, 6) is 4.46. The molecule has 0 unspecified atom stereocenters. The van der Waals surface area contributed by atoms with Gasteiger partial charge in [-0.25, -0.2) is 4.98 Å². The fraction of sp³-hybridized carbons (Fsp3) is 0.588. The Balaban J connectivity index is 1.41. The Labute approximate surface area is 129 Å². The number of nitrogens with one attached hydrogen (secondary N) is 1. The van der Waals surface area contributed by atoms with E-state index in [0.717, 1.165) is 29.8 Å². The van der Waals surface area contributed by atoms with Crippen LogP contribution in [0.15, 0.2) is 21.9 Å². The molecular formula is C17H22N2OS. The fourth-order valence-corrected chi connectivity index (χ4v) is 3.98. The van der Waals surface area contributed by atoms with Crippen LogP contribution in [-0.4, -0.2) is 4.98 Å². The third-order valence-electron chi connectivity index (χ3n) is 4.65. The average Bonchev–Trinajstić information content (AvgIpc) is 3.33. The number of nitrogens with zero attached hydrogens (tertiary/aromatic N) is 1. The monoisotopic (exact) mass is 302 g/mol. The van der Waals surface area contributed by atoms with Gasteiger partial charge in [0.05, 0.1) is 12.6 Å². The van der Waals surface area contributed by atoms with Gasteiger partial charge in [-0.1, -0.05) is 6.92 Å². The highest BCUT2D eigenvalue weighted by atomic mass is 32.1. The second-order valence-electron chi connectivity index (χ2n) is 6.65. The van der Waals surface area contributed by atoms with Gasteiger partial charge in [0.15, 0.2) is 0 Å². The van der Waals surface area contributed by atoms with Gasteiger partial charge in [0, 0.05) is 17.0 Å². The minimum Gasteiger partial charge on any atom is -0.464 e. The van der Waals surface area contributed by atoms with E-state index in [4.69, 9.17) is 4.42 Å². The zero-order valence-corrected chi connectivity index (χ0v) is 13.5. The molecular weight excluding hydrogens is 280 g/mol. The van der Waals surface area contributed by atoms with Crippen molar-refractivity contribution in [1.82, 2.24) is 10.3 Å². The molecule has 2 heterocycles. The molecule has 3 nitrogen and oxygen atoms in total. The lowest BCUT2D eigenvalue weighted by Gasteiger charge is -2.14. The number of hydrogen-bond acceptors (Lipinski definition) is 4. The summed E-state index contributed by atoms with van der Waals surface area (Å²) in [4.78, 5) is 4.66. The zero-order chi connectivity index (χ0) is 14.4. The van der Waals surface area contributed by atoms with Crippen LogP contribution in [0.3, 0.4) is 0 Å². The number of rotatable bonds is 6. The van der Waals surface area contributed by atoms with Gasteiger partial charge in [-0.3, -0.25) is 0 Å². The Morgan fingerprint density at radius 1 is 1.43 bits per heavy atom. The Bertz CT molecular complexity index is 628. The largest absolute Gasteiger partial charge is 0.464 e. The minimum absolute atomic E-state index is 0.400. The van der Waals surface area contributed by atoms with E-state index in [1.165, 1.54) is 30.0 Å². The van der Waals surface area contributed by atoms with E-state index in [-0.39, 0.29) is 0 Å². The second-order valence-corrected chi connectivity index (χ2v) is 7.54. The highest BCUT2D eigenvalue weighted by Crippen LogP contribution is 2.47. The molecule has 0 bridgehead atoms. The lowest BCUT2D eigenvalue weighted by molar-refractivity contribution is 0.407. The van der Waals surface area contributed by atoms with Crippen molar-refractivity contribution in [1.29, 1.82) is 0 Å². The topological polar surface area (TPSA) is 38.1 Å². The molecule has 2 fully saturated rings. The summed E-state index contributed by atoms with van der Waals surface area (Å²) in [6, 6.07) is 4.69. The summed E-state index contributed by atoms with van der Waals surface area (Å²) in [6.07, 6.45) is 3.92. The lowest BCUT2D eigenvalue weighted by Crippen LogP contribution is -2.22. The van der Waals surface area contributed by atoms with Crippen molar-refractivity contribution >= 4 is 11.3 Å². The van der Waals surface area contributed by atoms with Crippen molar-refractivity contribution in [2.75, 3.05) is 0 Å². The van der Waals surface area contributed by atoms with Gasteiger partial charge >= 0.3 is 0 Å². The van der Waals surface area contributed by atoms with Crippen LogP contribution in [0.2, 0.25) is 0 Å². The maximum Gasteiger partial charge on any atom is 0.117 e. The van der Waals surface area contributed by atoms with Crippen LogP contribution in [0.5, 0.6) is 0 Å². The number of aryl methyl sites for hydroxylation is 1. The lowest BCUT2D eigenvalue weighted by atomic mass is 10.2. The predicted octanol–water partition coefficient (Wildman–Crippen LogP) is 4.41. The minimum atomic E-state index is 0.400. The van der Waals surface area contributed by atoms with Crippen LogP contribution in [0.1, 0.15) is 60.4 Å². The molecule has 2 saturated carbocycles. The smallest absolute Gasteiger partial charge is 0.117 e. The molecule has 2 aliphatic carbocycles. The quantitative estimate of drug-likeness (QED) is 0.859. The molecule has 0 aliphatic heterocycles. The van der Waals surface area contributed by atoms with Gasteiger partial charge in [-0.2, -0.15) is 0 Å². The van der Waals surface area contributed by atoms with Crippen molar-refractivity contribution in [2.45, 2.75) is 51.6 Å². The molecule has 4 heteroatoms. The standard InChI is InChI=1S/C17H22N2OS/c1-10-7-14(10)15-6-5-13(20-15)8-18-16(12-3-4-12)17-19-11(2)9-21-17/h5-6,9-10,12,14,16,18H,3-4,7-8H2,1-2H3/t10-,14+,16-/m1/s1. The normalized spacial score (nSPS) is 26.0. The number of thiazole rings is 1. The van der Waals surface area contributed by atoms with E-state index in [1.807, 2.05) is 0 Å². The van der Waals surface area contributed by atoms with Gasteiger partial charge < -0.3 is 9.73 Å². The SMILES string of the molecule is Cc1csc([C@H](NCc2ccc([C@H]3C[C@H]3C)o2)C2CC2)n1. The molecule has 2 aromatic heterocycles. The van der Waals surface area contributed by atoms with Gasteiger partial charge in [0.1, 0.15) is 16.5 Å². The van der Waals surface area contributed by atoms with Crippen molar-refractivity contribution in [3.05, 3.63) is 39.7 Å². The number of furan rings is 1. The Morgan fingerprint density at radius 2 is 2.24 bits per heavy atom. The molecule has 3 atom stereocenters. The first-order valence-electron chi connectivity index (χ1n) is 7.94. The van der Waals surface area contributed by atoms with Crippen molar-refractivity contribution in [3.8, 4) is 0 Å². The highest BCUT2D eigenvalue weighted by molar-refractivity contribution is 7.09. The second kappa shape index (κ2) is 5.25. The molecule has 4 rings (SSSR count). The van der Waals surface area contributed by atoms with Crippen molar-refractivity contribution < 1.29 is 4.42 Å². The van der Waals surface area contributed by atoms with Crippen molar-refractivity contribution in [2.24, 2.45) is 11.8 Å². The van der Waals surface area contributed by atoms with Crippen LogP contribution in [0, 0.1) is 18.8 Å². The average molecular weight is 302 g/mol. The number of hydrogen-bond donors (Lipinski definition) is 1. The first kappa shape index (κ1) is 13.5. The highest BCUT2D eigenvalue weighted by Gasteiger charge is 2.37. The molecule has 21 heavy (non-hydrogen) atoms. The zero-order valence-electron chi connectivity index (χ0n) is 12.6. The summed E-state index contributed by atoms with van der Waals surface area (Å²) in [5.41, 5.74) is 1.13. The summed E-state index contributed by atoms with van der Waals surface area (Å²) in [6.45, 7) is 5.17. The molecule has 0 amide bonds. The van der Waals surface area contributed by atoms with E-state index in [0.29, 0.717) is 12.0 Å². The predicted molar refractivity (Wildman–Crippen MR) is 84.4 cm³/mol. The molecule has 1 N–H and O–H groups in total. The van der Waals surface area contributed by atoms with Gasteiger partial charge in [-0.05, 0) is 50.2 Å². The summed E-state index contributed by atoms with van der Waals surface area (Å²) in [5, 5.41) is 7.04. The first-order chi connectivity index (χ1) is 10.2. The maximum atomic E-state index is 5.99. The van der Waals surface area contributed by atoms with Crippen LogP contribution in [-0.2, 0) is 6.54 Å². The van der Waals surface area contributed by atoms with Crippen LogP contribution in [0.4, 0.5) is 0 Å². The Hall–Kier alpha value is -1.13. The number of aromatic nitrogens is 1. The third kappa shape index (κ3) is 2.92. The van der Waals surface area contributed by atoms with Crippen molar-refractivity contribution in [3.63, 3.8) is 0 Å².